The van der Waals surface area contributed by atoms with Gasteiger partial charge in [-0.15, -0.1) is 0 Å². The molecular weight excluding hydrogens is 293 g/mol. The van der Waals surface area contributed by atoms with Crippen molar-refractivity contribution in [2.24, 2.45) is 0 Å². The minimum Gasteiger partial charge on any atom is -0.341 e. The van der Waals surface area contributed by atoms with Crippen LogP contribution in [-0.4, -0.2) is 9.97 Å². The molecule has 0 fully saturated rings. The minimum atomic E-state index is 0.650. The maximum absolute atomic E-state index is 6.11. The number of aromatic nitrogens is 2. The van der Waals surface area contributed by atoms with Crippen molar-refractivity contribution in [3.05, 3.63) is 63.9 Å². The number of nitrogens with zero attached hydrogens (tertiary/aromatic N) is 1. The standard InChI is InChI=1S/C15H13Cl2N3/c16-11-5-6-13-14(7-11)20-15(19-13)9-18-8-10-3-1-2-4-12(10)17/h1-7,18H,8-9H2,(H,19,20). The monoisotopic (exact) mass is 305 g/mol. The molecule has 0 aliphatic heterocycles. The molecule has 0 unspecified atom stereocenters. The van der Waals surface area contributed by atoms with E-state index in [-0.39, 0.29) is 0 Å². The first-order valence-corrected chi connectivity index (χ1v) is 7.06. The molecule has 0 radical (unpaired) electrons. The van der Waals surface area contributed by atoms with Crippen molar-refractivity contribution < 1.29 is 0 Å². The predicted octanol–water partition coefficient (Wildman–Crippen LogP) is 4.16. The molecule has 0 amide bonds. The molecule has 5 heteroatoms. The number of hydrogen-bond acceptors (Lipinski definition) is 2. The van der Waals surface area contributed by atoms with Gasteiger partial charge in [0.25, 0.3) is 0 Å². The molecule has 1 aromatic heterocycles. The van der Waals surface area contributed by atoms with Crippen LogP contribution in [0.4, 0.5) is 0 Å². The average Bonchev–Trinajstić information content (AvgIpc) is 2.83. The zero-order valence-electron chi connectivity index (χ0n) is 10.7. The Morgan fingerprint density at radius 1 is 1.05 bits per heavy atom. The highest BCUT2D eigenvalue weighted by Crippen LogP contribution is 2.17. The van der Waals surface area contributed by atoms with Crippen LogP contribution >= 0.6 is 23.2 Å². The van der Waals surface area contributed by atoms with Crippen LogP contribution in [0.15, 0.2) is 42.5 Å². The van der Waals surface area contributed by atoms with Gasteiger partial charge in [-0.3, -0.25) is 0 Å². The van der Waals surface area contributed by atoms with Crippen molar-refractivity contribution in [3.63, 3.8) is 0 Å². The molecule has 0 aliphatic rings. The highest BCUT2D eigenvalue weighted by molar-refractivity contribution is 6.31. The molecule has 0 bridgehead atoms. The first kappa shape index (κ1) is 13.4. The van der Waals surface area contributed by atoms with Crippen LogP contribution in [0, 0.1) is 0 Å². The van der Waals surface area contributed by atoms with Gasteiger partial charge in [0.2, 0.25) is 0 Å². The summed E-state index contributed by atoms with van der Waals surface area (Å²) in [6.45, 7) is 1.36. The van der Waals surface area contributed by atoms with E-state index in [2.05, 4.69) is 15.3 Å². The fourth-order valence-corrected chi connectivity index (χ4v) is 2.45. The Hall–Kier alpha value is -1.55. The van der Waals surface area contributed by atoms with Gasteiger partial charge in [0, 0.05) is 16.6 Å². The number of hydrogen-bond donors (Lipinski definition) is 2. The summed E-state index contributed by atoms with van der Waals surface area (Å²) < 4.78 is 0. The number of rotatable bonds is 4. The maximum atomic E-state index is 6.11. The van der Waals surface area contributed by atoms with Crippen LogP contribution in [0.5, 0.6) is 0 Å². The SMILES string of the molecule is Clc1ccc2nc(CNCc3ccccc3Cl)[nH]c2c1. The van der Waals surface area contributed by atoms with Crippen LogP contribution in [-0.2, 0) is 13.1 Å². The Balaban J connectivity index is 1.67. The molecule has 1 heterocycles. The topological polar surface area (TPSA) is 40.7 Å². The third-order valence-electron chi connectivity index (χ3n) is 3.06. The van der Waals surface area contributed by atoms with Crippen LogP contribution in [0.2, 0.25) is 10.0 Å². The molecule has 2 N–H and O–H groups in total. The lowest BCUT2D eigenvalue weighted by Crippen LogP contribution is -2.13. The van der Waals surface area contributed by atoms with Gasteiger partial charge >= 0.3 is 0 Å². The van der Waals surface area contributed by atoms with Crippen molar-refractivity contribution >= 4 is 34.2 Å². The highest BCUT2D eigenvalue weighted by atomic mass is 35.5. The Kier molecular flexibility index (Phi) is 3.92. The number of imidazole rings is 1. The summed E-state index contributed by atoms with van der Waals surface area (Å²) in [5, 5.41) is 4.80. The quantitative estimate of drug-likeness (QED) is 0.760. The van der Waals surface area contributed by atoms with Gasteiger partial charge in [-0.25, -0.2) is 4.98 Å². The van der Waals surface area contributed by atoms with E-state index in [1.807, 2.05) is 42.5 Å². The summed E-state index contributed by atoms with van der Waals surface area (Å²) in [5.74, 6) is 0.884. The van der Waals surface area contributed by atoms with E-state index in [9.17, 15) is 0 Å². The Labute approximate surface area is 126 Å². The lowest BCUT2D eigenvalue weighted by Gasteiger charge is -2.04. The van der Waals surface area contributed by atoms with Crippen molar-refractivity contribution in [3.8, 4) is 0 Å². The number of benzene rings is 2. The van der Waals surface area contributed by atoms with E-state index in [4.69, 9.17) is 23.2 Å². The van der Waals surface area contributed by atoms with Crippen LogP contribution < -0.4 is 5.32 Å². The molecule has 102 valence electrons. The smallest absolute Gasteiger partial charge is 0.121 e. The number of nitrogens with one attached hydrogen (secondary N) is 2. The van der Waals surface area contributed by atoms with Gasteiger partial charge in [0.15, 0.2) is 0 Å². The molecule has 3 nitrogen and oxygen atoms in total. The summed E-state index contributed by atoms with van der Waals surface area (Å²) in [6, 6.07) is 13.4. The van der Waals surface area contributed by atoms with E-state index in [0.29, 0.717) is 18.1 Å². The molecule has 0 aliphatic carbocycles. The van der Waals surface area contributed by atoms with E-state index in [0.717, 1.165) is 27.4 Å². The highest BCUT2D eigenvalue weighted by Gasteiger charge is 2.04. The van der Waals surface area contributed by atoms with Gasteiger partial charge in [0.1, 0.15) is 5.82 Å². The van der Waals surface area contributed by atoms with E-state index in [1.165, 1.54) is 0 Å². The molecule has 0 spiro atoms. The van der Waals surface area contributed by atoms with Crippen LogP contribution in [0.3, 0.4) is 0 Å². The summed E-state index contributed by atoms with van der Waals surface area (Å²) in [4.78, 5) is 7.74. The second-order valence-electron chi connectivity index (χ2n) is 4.54. The predicted molar refractivity (Wildman–Crippen MR) is 83.1 cm³/mol. The van der Waals surface area contributed by atoms with Crippen LogP contribution in [0.25, 0.3) is 11.0 Å². The molecule has 3 rings (SSSR count). The molecule has 20 heavy (non-hydrogen) atoms. The lowest BCUT2D eigenvalue weighted by atomic mass is 10.2. The van der Waals surface area contributed by atoms with Crippen molar-refractivity contribution in [1.82, 2.24) is 15.3 Å². The Morgan fingerprint density at radius 3 is 2.75 bits per heavy atom. The summed E-state index contributed by atoms with van der Waals surface area (Å²) in [6.07, 6.45) is 0. The van der Waals surface area contributed by atoms with Crippen molar-refractivity contribution in [1.29, 1.82) is 0 Å². The Bertz CT molecular complexity index is 737. The molecular formula is C15H13Cl2N3. The minimum absolute atomic E-state index is 0.650. The number of fused-ring (bicyclic) bond motifs is 1. The third-order valence-corrected chi connectivity index (χ3v) is 3.66. The summed E-state index contributed by atoms with van der Waals surface area (Å²) >= 11 is 12.1. The van der Waals surface area contributed by atoms with E-state index >= 15 is 0 Å². The molecule has 3 aromatic rings. The number of halogens is 2. The van der Waals surface area contributed by atoms with Gasteiger partial charge in [-0.2, -0.15) is 0 Å². The second kappa shape index (κ2) is 5.83. The fraction of sp³-hybridized carbons (Fsp3) is 0.133. The zero-order valence-corrected chi connectivity index (χ0v) is 12.2. The number of aromatic amines is 1. The first-order valence-electron chi connectivity index (χ1n) is 6.30. The Morgan fingerprint density at radius 2 is 1.90 bits per heavy atom. The van der Waals surface area contributed by atoms with Gasteiger partial charge in [0.05, 0.1) is 17.6 Å². The second-order valence-corrected chi connectivity index (χ2v) is 5.38. The van der Waals surface area contributed by atoms with Gasteiger partial charge in [-0.1, -0.05) is 41.4 Å². The average molecular weight is 306 g/mol. The molecule has 0 saturated heterocycles. The zero-order chi connectivity index (χ0) is 13.9. The van der Waals surface area contributed by atoms with Crippen molar-refractivity contribution in [2.45, 2.75) is 13.1 Å². The maximum Gasteiger partial charge on any atom is 0.121 e. The van der Waals surface area contributed by atoms with Crippen molar-refractivity contribution in [2.75, 3.05) is 0 Å². The third kappa shape index (κ3) is 2.96. The summed E-state index contributed by atoms with van der Waals surface area (Å²) in [5.41, 5.74) is 2.95. The molecule has 0 atom stereocenters. The van der Waals surface area contributed by atoms with Gasteiger partial charge < -0.3 is 10.3 Å². The first-order chi connectivity index (χ1) is 9.72. The van der Waals surface area contributed by atoms with Gasteiger partial charge in [-0.05, 0) is 29.8 Å². The van der Waals surface area contributed by atoms with E-state index in [1.54, 1.807) is 0 Å². The number of H-pyrrole nitrogens is 1. The van der Waals surface area contributed by atoms with E-state index < -0.39 is 0 Å². The molecule has 2 aromatic carbocycles. The van der Waals surface area contributed by atoms with Crippen LogP contribution in [0.1, 0.15) is 11.4 Å². The largest absolute Gasteiger partial charge is 0.341 e. The molecule has 0 saturated carbocycles. The normalized spacial score (nSPS) is 11.1. The fourth-order valence-electron chi connectivity index (χ4n) is 2.08. The lowest BCUT2D eigenvalue weighted by molar-refractivity contribution is 0.670. The summed E-state index contributed by atoms with van der Waals surface area (Å²) in [7, 11) is 0.